The standard InChI is InChI=1S/C27H39BN6O3/c1-5-31(6-2)15-16-33-24-23(25(35)32(7-3)27(33)36)34(18-19-13-14-22(37-4)21(28)17-19)26(30-24)29-20-11-9-8-10-12-20/h13-14,17,20H,5-12,15-16,18H2,1-4H3,(H,29,30). The Morgan fingerprint density at radius 1 is 1.08 bits per heavy atom. The van der Waals surface area contributed by atoms with Crippen molar-refractivity contribution in [1.29, 1.82) is 0 Å². The lowest BCUT2D eigenvalue weighted by atomic mass is 9.93. The molecule has 0 amide bonds. The molecule has 1 aliphatic rings. The van der Waals surface area contributed by atoms with E-state index in [1.807, 2.05) is 29.7 Å². The molecule has 0 unspecified atom stereocenters. The SMILES string of the molecule is [B]c1cc(Cn2c(NC3CCCCC3)nc3c2c(=O)n(CC)c(=O)n3CCN(CC)CC)ccc1OC. The fraction of sp³-hybridized carbons (Fsp3) is 0.593. The molecule has 198 valence electrons. The molecule has 0 saturated heterocycles. The topological polar surface area (TPSA) is 86.3 Å². The predicted octanol–water partition coefficient (Wildman–Crippen LogP) is 2.32. The van der Waals surface area contributed by atoms with Gasteiger partial charge in [-0.25, -0.2) is 4.79 Å². The van der Waals surface area contributed by atoms with Crippen molar-refractivity contribution in [2.75, 3.05) is 32.1 Å². The van der Waals surface area contributed by atoms with Crippen molar-refractivity contribution >= 4 is 30.4 Å². The molecule has 0 spiro atoms. The van der Waals surface area contributed by atoms with Crippen LogP contribution in [0.3, 0.4) is 0 Å². The number of fused-ring (bicyclic) bond motifs is 1. The molecule has 2 heterocycles. The molecule has 10 heteroatoms. The largest absolute Gasteiger partial charge is 0.497 e. The van der Waals surface area contributed by atoms with Crippen LogP contribution in [-0.2, 0) is 19.6 Å². The number of aromatic nitrogens is 4. The Kier molecular flexibility index (Phi) is 8.79. The van der Waals surface area contributed by atoms with Gasteiger partial charge in [0.15, 0.2) is 11.2 Å². The summed E-state index contributed by atoms with van der Waals surface area (Å²) in [5.74, 6) is 1.23. The molecule has 2 radical (unpaired) electrons. The van der Waals surface area contributed by atoms with E-state index in [9.17, 15) is 9.59 Å². The zero-order chi connectivity index (χ0) is 26.5. The minimum absolute atomic E-state index is 0.287. The lowest BCUT2D eigenvalue weighted by molar-refractivity contribution is 0.288. The zero-order valence-electron chi connectivity index (χ0n) is 22.6. The molecular formula is C27H39BN6O3. The Bertz CT molecular complexity index is 1330. The van der Waals surface area contributed by atoms with Crippen molar-refractivity contribution in [3.63, 3.8) is 0 Å². The summed E-state index contributed by atoms with van der Waals surface area (Å²) in [6.07, 6.45) is 5.71. The molecule has 2 aromatic heterocycles. The Morgan fingerprint density at radius 3 is 2.43 bits per heavy atom. The third-order valence-electron chi connectivity index (χ3n) is 7.54. The first-order chi connectivity index (χ1) is 17.9. The molecule has 1 aromatic carbocycles. The Balaban J connectivity index is 1.88. The van der Waals surface area contributed by atoms with E-state index in [0.717, 1.165) is 31.5 Å². The maximum atomic E-state index is 13.7. The number of nitrogens with zero attached hydrogens (tertiary/aromatic N) is 5. The van der Waals surface area contributed by atoms with Gasteiger partial charge in [0.2, 0.25) is 5.95 Å². The molecule has 1 aliphatic carbocycles. The summed E-state index contributed by atoms with van der Waals surface area (Å²) in [6.45, 7) is 9.69. The van der Waals surface area contributed by atoms with Crippen molar-refractivity contribution in [3.8, 4) is 5.75 Å². The van der Waals surface area contributed by atoms with Crippen LogP contribution in [0.4, 0.5) is 5.95 Å². The van der Waals surface area contributed by atoms with Crippen molar-refractivity contribution in [1.82, 2.24) is 23.6 Å². The lowest BCUT2D eigenvalue weighted by Crippen LogP contribution is -2.42. The molecule has 0 aliphatic heterocycles. The Morgan fingerprint density at radius 2 is 1.81 bits per heavy atom. The summed E-state index contributed by atoms with van der Waals surface area (Å²) in [4.78, 5) is 34.3. The number of rotatable bonds is 11. The minimum atomic E-state index is -0.313. The first kappa shape index (κ1) is 27.0. The van der Waals surface area contributed by atoms with E-state index in [-0.39, 0.29) is 17.3 Å². The van der Waals surface area contributed by atoms with Gasteiger partial charge in [0, 0.05) is 25.7 Å². The number of ether oxygens (including phenoxy) is 1. The number of methoxy groups -OCH3 is 1. The van der Waals surface area contributed by atoms with E-state index in [1.165, 1.54) is 23.8 Å². The molecule has 1 N–H and O–H groups in total. The summed E-state index contributed by atoms with van der Waals surface area (Å²) in [7, 11) is 7.78. The highest BCUT2D eigenvalue weighted by Crippen LogP contribution is 2.24. The third kappa shape index (κ3) is 5.64. The Labute approximate surface area is 219 Å². The highest BCUT2D eigenvalue weighted by atomic mass is 16.5. The van der Waals surface area contributed by atoms with Crippen LogP contribution in [0, 0.1) is 0 Å². The normalized spacial score (nSPS) is 14.5. The van der Waals surface area contributed by atoms with E-state index in [4.69, 9.17) is 17.6 Å². The van der Waals surface area contributed by atoms with Crippen molar-refractivity contribution < 1.29 is 4.74 Å². The van der Waals surface area contributed by atoms with Gasteiger partial charge >= 0.3 is 5.69 Å². The summed E-state index contributed by atoms with van der Waals surface area (Å²) >= 11 is 0. The smallest absolute Gasteiger partial charge is 0.332 e. The van der Waals surface area contributed by atoms with E-state index in [1.54, 1.807) is 11.7 Å². The molecular weight excluding hydrogens is 467 g/mol. The number of nitrogens with one attached hydrogen (secondary N) is 1. The first-order valence-corrected chi connectivity index (χ1v) is 13.6. The van der Waals surface area contributed by atoms with Crippen molar-refractivity contribution in [2.24, 2.45) is 0 Å². The monoisotopic (exact) mass is 506 g/mol. The number of anilines is 1. The molecule has 9 nitrogen and oxygen atoms in total. The van der Waals surface area contributed by atoms with Gasteiger partial charge in [-0.1, -0.05) is 50.7 Å². The highest BCUT2D eigenvalue weighted by Gasteiger charge is 2.24. The van der Waals surface area contributed by atoms with E-state index in [0.29, 0.717) is 54.5 Å². The number of imidazole rings is 1. The van der Waals surface area contributed by atoms with Crippen LogP contribution in [-0.4, -0.2) is 64.2 Å². The zero-order valence-corrected chi connectivity index (χ0v) is 22.6. The summed E-state index contributed by atoms with van der Waals surface area (Å²) < 4.78 is 10.2. The number of hydrogen-bond donors (Lipinski definition) is 1. The Hall–Kier alpha value is -3.01. The van der Waals surface area contributed by atoms with Crippen LogP contribution in [0.2, 0.25) is 0 Å². The fourth-order valence-electron chi connectivity index (χ4n) is 5.31. The van der Waals surface area contributed by atoms with E-state index < -0.39 is 0 Å². The highest BCUT2D eigenvalue weighted by molar-refractivity contribution is 6.34. The van der Waals surface area contributed by atoms with Gasteiger partial charge in [-0.15, -0.1) is 0 Å². The van der Waals surface area contributed by atoms with Gasteiger partial charge in [-0.05, 0) is 44.5 Å². The van der Waals surface area contributed by atoms with Gasteiger partial charge in [-0.2, -0.15) is 4.98 Å². The van der Waals surface area contributed by atoms with E-state index >= 15 is 0 Å². The maximum Gasteiger partial charge on any atom is 0.332 e. The van der Waals surface area contributed by atoms with Gasteiger partial charge in [0.1, 0.15) is 13.6 Å². The second kappa shape index (κ2) is 12.0. The van der Waals surface area contributed by atoms with Crippen LogP contribution in [0.25, 0.3) is 11.2 Å². The number of likely N-dealkylation sites (N-methyl/N-ethyl adjacent to an activating group) is 1. The average molecular weight is 506 g/mol. The van der Waals surface area contributed by atoms with Crippen molar-refractivity contribution in [2.45, 2.75) is 78.6 Å². The van der Waals surface area contributed by atoms with Gasteiger partial charge in [0.25, 0.3) is 5.56 Å². The summed E-state index contributed by atoms with van der Waals surface area (Å²) in [5, 5.41) is 3.62. The quantitative estimate of drug-likeness (QED) is 0.402. The number of benzene rings is 1. The van der Waals surface area contributed by atoms with Crippen LogP contribution >= 0.6 is 0 Å². The molecule has 37 heavy (non-hydrogen) atoms. The summed E-state index contributed by atoms with van der Waals surface area (Å²) in [5.41, 5.74) is 1.71. The van der Waals surface area contributed by atoms with Gasteiger partial charge in [-0.3, -0.25) is 18.5 Å². The number of hydrogen-bond acceptors (Lipinski definition) is 6. The maximum absolute atomic E-state index is 13.7. The summed E-state index contributed by atoms with van der Waals surface area (Å²) in [6, 6.07) is 5.93. The second-order valence-electron chi connectivity index (χ2n) is 9.76. The van der Waals surface area contributed by atoms with Crippen LogP contribution < -0.4 is 26.8 Å². The molecule has 0 atom stereocenters. The van der Waals surface area contributed by atoms with Crippen LogP contribution in [0.5, 0.6) is 5.75 Å². The molecule has 3 aromatic rings. The lowest BCUT2D eigenvalue weighted by Gasteiger charge is -2.23. The molecule has 0 bridgehead atoms. The van der Waals surface area contributed by atoms with Gasteiger partial charge in [0.05, 0.1) is 13.7 Å². The van der Waals surface area contributed by atoms with Crippen molar-refractivity contribution in [3.05, 3.63) is 44.6 Å². The fourth-order valence-corrected chi connectivity index (χ4v) is 5.31. The first-order valence-electron chi connectivity index (χ1n) is 13.6. The van der Waals surface area contributed by atoms with Crippen LogP contribution in [0.15, 0.2) is 27.8 Å². The minimum Gasteiger partial charge on any atom is -0.497 e. The molecule has 1 fully saturated rings. The van der Waals surface area contributed by atoms with E-state index in [2.05, 4.69) is 24.1 Å². The van der Waals surface area contributed by atoms with Gasteiger partial charge < -0.3 is 15.0 Å². The average Bonchev–Trinajstić information content (AvgIpc) is 3.24. The second-order valence-corrected chi connectivity index (χ2v) is 9.76. The molecule has 4 rings (SSSR count). The predicted molar refractivity (Wildman–Crippen MR) is 150 cm³/mol. The third-order valence-corrected chi connectivity index (χ3v) is 7.54. The molecule has 1 saturated carbocycles. The van der Waals surface area contributed by atoms with Crippen LogP contribution in [0.1, 0.15) is 58.4 Å².